The molecule has 1 aromatic heterocycles. The van der Waals surface area contributed by atoms with E-state index in [-0.39, 0.29) is 0 Å². The summed E-state index contributed by atoms with van der Waals surface area (Å²) in [5.41, 5.74) is 6.99. The molecule has 0 aliphatic carbocycles. The highest BCUT2D eigenvalue weighted by Gasteiger charge is 2.21. The molecule has 1 atom stereocenters. The van der Waals surface area contributed by atoms with Crippen molar-refractivity contribution >= 4 is 10.9 Å². The molecule has 2 heterocycles. The van der Waals surface area contributed by atoms with Crippen molar-refractivity contribution in [3.8, 4) is 0 Å². The van der Waals surface area contributed by atoms with Crippen LogP contribution in [0.15, 0.2) is 12.1 Å². The fraction of sp³-hybridized carbons (Fsp3) is 0.429. The van der Waals surface area contributed by atoms with Crippen molar-refractivity contribution in [2.45, 2.75) is 33.2 Å². The molecule has 0 amide bonds. The Morgan fingerprint density at radius 3 is 2.88 bits per heavy atom. The largest absolute Gasteiger partial charge is 0.358 e. The van der Waals surface area contributed by atoms with E-state index < -0.39 is 0 Å². The summed E-state index contributed by atoms with van der Waals surface area (Å²) in [5, 5.41) is 4.88. The predicted octanol–water partition coefficient (Wildman–Crippen LogP) is 2.99. The molecule has 0 saturated carbocycles. The van der Waals surface area contributed by atoms with Gasteiger partial charge in [-0.15, -0.1) is 0 Å². The summed E-state index contributed by atoms with van der Waals surface area (Å²) in [6.07, 6.45) is 0. The first-order chi connectivity index (χ1) is 7.68. The number of nitrogens with one attached hydrogen (secondary N) is 2. The quantitative estimate of drug-likeness (QED) is 0.693. The summed E-state index contributed by atoms with van der Waals surface area (Å²) in [7, 11) is 0. The minimum absolute atomic E-state index is 0.593. The van der Waals surface area contributed by atoms with Gasteiger partial charge in [-0.2, -0.15) is 0 Å². The van der Waals surface area contributed by atoms with Crippen LogP contribution in [-0.2, 0) is 6.54 Å². The van der Waals surface area contributed by atoms with Gasteiger partial charge in [0, 0.05) is 35.6 Å². The number of fused-ring (bicyclic) bond motifs is 3. The number of rotatable bonds is 0. The summed E-state index contributed by atoms with van der Waals surface area (Å²) in [4.78, 5) is 3.63. The second-order valence-electron chi connectivity index (χ2n) is 4.98. The van der Waals surface area contributed by atoms with Crippen LogP contribution in [0.3, 0.4) is 0 Å². The topological polar surface area (TPSA) is 27.8 Å². The third-order valence-corrected chi connectivity index (χ3v) is 3.89. The molecule has 0 saturated heterocycles. The van der Waals surface area contributed by atoms with Gasteiger partial charge in [-0.25, -0.2) is 0 Å². The number of hydrogen-bond acceptors (Lipinski definition) is 1. The van der Waals surface area contributed by atoms with E-state index in [1.165, 1.54) is 33.3 Å². The SMILES string of the molecule is Cc1ccc2c3c([nH]c2c1C)C(C)CNC3. The number of hydrogen-bond donors (Lipinski definition) is 2. The van der Waals surface area contributed by atoms with E-state index in [0.717, 1.165) is 13.1 Å². The van der Waals surface area contributed by atoms with Crippen molar-refractivity contribution in [2.24, 2.45) is 0 Å². The van der Waals surface area contributed by atoms with Crippen LogP contribution in [0.1, 0.15) is 35.2 Å². The number of benzene rings is 1. The number of aryl methyl sites for hydroxylation is 2. The van der Waals surface area contributed by atoms with Crippen LogP contribution in [0, 0.1) is 13.8 Å². The van der Waals surface area contributed by atoms with E-state index in [2.05, 4.69) is 43.2 Å². The lowest BCUT2D eigenvalue weighted by molar-refractivity contribution is 0.565. The molecule has 84 valence electrons. The van der Waals surface area contributed by atoms with Gasteiger partial charge in [0.05, 0.1) is 0 Å². The highest BCUT2D eigenvalue weighted by molar-refractivity contribution is 5.88. The van der Waals surface area contributed by atoms with Crippen LogP contribution in [0.5, 0.6) is 0 Å². The molecule has 1 aliphatic rings. The van der Waals surface area contributed by atoms with Crippen LogP contribution in [0.25, 0.3) is 10.9 Å². The zero-order valence-electron chi connectivity index (χ0n) is 10.1. The Morgan fingerprint density at radius 1 is 1.25 bits per heavy atom. The van der Waals surface area contributed by atoms with Gasteiger partial charge in [0.2, 0.25) is 0 Å². The first-order valence-electron chi connectivity index (χ1n) is 6.00. The van der Waals surface area contributed by atoms with Crippen molar-refractivity contribution in [3.63, 3.8) is 0 Å². The van der Waals surface area contributed by atoms with Crippen molar-refractivity contribution in [1.82, 2.24) is 10.3 Å². The minimum Gasteiger partial charge on any atom is -0.358 e. The van der Waals surface area contributed by atoms with Crippen LogP contribution in [0.2, 0.25) is 0 Å². The van der Waals surface area contributed by atoms with Gasteiger partial charge in [0.15, 0.2) is 0 Å². The zero-order valence-corrected chi connectivity index (χ0v) is 10.1. The van der Waals surface area contributed by atoms with Gasteiger partial charge < -0.3 is 10.3 Å². The van der Waals surface area contributed by atoms with E-state index in [0.29, 0.717) is 5.92 Å². The van der Waals surface area contributed by atoms with Gasteiger partial charge in [0.1, 0.15) is 0 Å². The molecular formula is C14H18N2. The fourth-order valence-electron chi connectivity index (χ4n) is 2.71. The first kappa shape index (κ1) is 9.91. The molecule has 0 spiro atoms. The highest BCUT2D eigenvalue weighted by Crippen LogP contribution is 2.32. The molecule has 2 aromatic rings. The minimum atomic E-state index is 0.593. The van der Waals surface area contributed by atoms with E-state index in [4.69, 9.17) is 0 Å². The Hall–Kier alpha value is -1.28. The number of aromatic amines is 1. The Bertz CT molecular complexity index is 551. The molecule has 16 heavy (non-hydrogen) atoms. The molecule has 3 rings (SSSR count). The van der Waals surface area contributed by atoms with Gasteiger partial charge in [0.25, 0.3) is 0 Å². The summed E-state index contributed by atoms with van der Waals surface area (Å²) in [6.45, 7) is 8.75. The van der Waals surface area contributed by atoms with Gasteiger partial charge in [-0.3, -0.25) is 0 Å². The van der Waals surface area contributed by atoms with Crippen LogP contribution in [-0.4, -0.2) is 11.5 Å². The maximum Gasteiger partial charge on any atom is 0.0491 e. The molecule has 2 heteroatoms. The Balaban J connectivity index is 2.35. The summed E-state index contributed by atoms with van der Waals surface area (Å²) < 4.78 is 0. The molecule has 1 unspecified atom stereocenters. The van der Waals surface area contributed by atoms with Crippen molar-refractivity contribution < 1.29 is 0 Å². The van der Waals surface area contributed by atoms with Gasteiger partial charge >= 0.3 is 0 Å². The van der Waals surface area contributed by atoms with Crippen LogP contribution in [0.4, 0.5) is 0 Å². The lowest BCUT2D eigenvalue weighted by atomic mass is 9.97. The predicted molar refractivity (Wildman–Crippen MR) is 67.9 cm³/mol. The van der Waals surface area contributed by atoms with E-state index >= 15 is 0 Å². The second kappa shape index (κ2) is 3.36. The maximum absolute atomic E-state index is 3.63. The molecule has 0 fully saturated rings. The Labute approximate surface area is 96.1 Å². The third kappa shape index (κ3) is 1.23. The Kier molecular flexibility index (Phi) is 2.08. The summed E-state index contributed by atoms with van der Waals surface area (Å²) >= 11 is 0. The van der Waals surface area contributed by atoms with Gasteiger partial charge in [-0.05, 0) is 30.5 Å². The van der Waals surface area contributed by atoms with Crippen molar-refractivity contribution in [2.75, 3.05) is 6.54 Å². The first-order valence-corrected chi connectivity index (χ1v) is 6.00. The molecule has 1 aromatic carbocycles. The number of H-pyrrole nitrogens is 1. The van der Waals surface area contributed by atoms with Crippen molar-refractivity contribution in [3.05, 3.63) is 34.5 Å². The molecule has 1 aliphatic heterocycles. The van der Waals surface area contributed by atoms with E-state index in [9.17, 15) is 0 Å². The Morgan fingerprint density at radius 2 is 2.06 bits per heavy atom. The lowest BCUT2D eigenvalue weighted by Crippen LogP contribution is -2.26. The second-order valence-corrected chi connectivity index (χ2v) is 4.98. The highest BCUT2D eigenvalue weighted by atomic mass is 14.9. The average molecular weight is 214 g/mol. The fourth-order valence-corrected chi connectivity index (χ4v) is 2.71. The summed E-state index contributed by atoms with van der Waals surface area (Å²) in [6, 6.07) is 4.48. The maximum atomic E-state index is 3.63. The van der Waals surface area contributed by atoms with Crippen molar-refractivity contribution in [1.29, 1.82) is 0 Å². The third-order valence-electron chi connectivity index (χ3n) is 3.89. The normalized spacial score (nSPS) is 20.1. The smallest absolute Gasteiger partial charge is 0.0491 e. The van der Waals surface area contributed by atoms with Crippen LogP contribution < -0.4 is 5.32 Å². The molecule has 0 bridgehead atoms. The van der Waals surface area contributed by atoms with Gasteiger partial charge in [-0.1, -0.05) is 19.1 Å². The standard InChI is InChI=1S/C14H18N2/c1-8-4-5-11-12-7-15-6-9(2)13(12)16-14(11)10(8)3/h4-5,9,15-16H,6-7H2,1-3H3. The van der Waals surface area contributed by atoms with E-state index in [1.807, 2.05) is 0 Å². The number of aromatic nitrogens is 1. The molecule has 2 N–H and O–H groups in total. The zero-order chi connectivity index (χ0) is 11.3. The summed E-state index contributed by atoms with van der Waals surface area (Å²) in [5.74, 6) is 0.593. The van der Waals surface area contributed by atoms with E-state index in [1.54, 1.807) is 0 Å². The monoisotopic (exact) mass is 214 g/mol. The molecule has 2 nitrogen and oxygen atoms in total. The lowest BCUT2D eigenvalue weighted by Gasteiger charge is -2.19. The molecular weight excluding hydrogens is 196 g/mol. The molecule has 0 radical (unpaired) electrons. The average Bonchev–Trinajstić information content (AvgIpc) is 2.65. The van der Waals surface area contributed by atoms with Crippen LogP contribution >= 0.6 is 0 Å².